The molecule has 3 aromatic rings. The monoisotopic (exact) mass is 319 g/mol. The molecule has 24 heavy (non-hydrogen) atoms. The normalized spacial score (nSPS) is 17.1. The van der Waals surface area contributed by atoms with E-state index in [1.54, 1.807) is 10.7 Å². The Hall–Kier alpha value is -2.91. The summed E-state index contributed by atoms with van der Waals surface area (Å²) in [6.07, 6.45) is 4.46. The van der Waals surface area contributed by atoms with Gasteiger partial charge in [0.05, 0.1) is 41.3 Å². The van der Waals surface area contributed by atoms with Crippen molar-refractivity contribution in [2.24, 2.45) is 0 Å². The van der Waals surface area contributed by atoms with Gasteiger partial charge in [-0.25, -0.2) is 4.52 Å². The highest BCUT2D eigenvalue weighted by Crippen LogP contribution is 2.26. The van der Waals surface area contributed by atoms with E-state index < -0.39 is 0 Å². The van der Waals surface area contributed by atoms with Crippen molar-refractivity contribution in [1.29, 1.82) is 5.26 Å². The zero-order chi connectivity index (χ0) is 16.5. The van der Waals surface area contributed by atoms with E-state index in [4.69, 9.17) is 10.00 Å². The number of anilines is 1. The Morgan fingerprint density at radius 2 is 2.25 bits per heavy atom. The maximum Gasteiger partial charge on any atom is 0.101 e. The Morgan fingerprint density at radius 1 is 1.33 bits per heavy atom. The standard InChI is InChI=1S/C18H17N5O/c1-12-9-20-17(7-16(12)22-14-4-5-24-11-14)18-3-2-15-6-13(8-19)10-21-23(15)18/h2-3,6-7,9-10,14H,4-5,11H2,1H3,(H,20,22). The smallest absolute Gasteiger partial charge is 0.101 e. The summed E-state index contributed by atoms with van der Waals surface area (Å²) in [5, 5.41) is 16.9. The van der Waals surface area contributed by atoms with E-state index in [1.807, 2.05) is 31.3 Å². The molecule has 6 nitrogen and oxygen atoms in total. The molecule has 0 bridgehead atoms. The van der Waals surface area contributed by atoms with Crippen molar-refractivity contribution in [3.05, 3.63) is 47.8 Å². The van der Waals surface area contributed by atoms with E-state index in [0.717, 1.165) is 47.8 Å². The Kier molecular flexibility index (Phi) is 3.63. The van der Waals surface area contributed by atoms with E-state index in [-0.39, 0.29) is 0 Å². The molecule has 0 radical (unpaired) electrons. The van der Waals surface area contributed by atoms with Crippen LogP contribution in [-0.4, -0.2) is 33.9 Å². The number of aryl methyl sites for hydroxylation is 1. The number of hydrogen-bond acceptors (Lipinski definition) is 5. The lowest BCUT2D eigenvalue weighted by Crippen LogP contribution is -2.19. The third kappa shape index (κ3) is 2.59. The zero-order valence-electron chi connectivity index (χ0n) is 13.4. The van der Waals surface area contributed by atoms with Gasteiger partial charge < -0.3 is 10.1 Å². The molecule has 0 aromatic carbocycles. The fourth-order valence-electron chi connectivity index (χ4n) is 2.94. The van der Waals surface area contributed by atoms with Crippen LogP contribution < -0.4 is 5.32 Å². The number of hydrogen-bond donors (Lipinski definition) is 1. The average molecular weight is 319 g/mol. The minimum absolute atomic E-state index is 0.347. The van der Waals surface area contributed by atoms with Gasteiger partial charge in [0.1, 0.15) is 6.07 Å². The van der Waals surface area contributed by atoms with Crippen LogP contribution in [0.1, 0.15) is 17.5 Å². The zero-order valence-corrected chi connectivity index (χ0v) is 13.4. The number of nitrogens with zero attached hydrogens (tertiary/aromatic N) is 4. The quantitative estimate of drug-likeness (QED) is 0.803. The number of nitrogens with one attached hydrogen (secondary N) is 1. The Morgan fingerprint density at radius 3 is 3.04 bits per heavy atom. The number of fused-ring (bicyclic) bond motifs is 1. The number of nitriles is 1. The van der Waals surface area contributed by atoms with Crippen LogP contribution in [-0.2, 0) is 4.74 Å². The largest absolute Gasteiger partial charge is 0.380 e. The summed E-state index contributed by atoms with van der Waals surface area (Å²) in [6.45, 7) is 3.59. The highest BCUT2D eigenvalue weighted by molar-refractivity contribution is 5.68. The molecule has 4 rings (SSSR count). The minimum atomic E-state index is 0.347. The van der Waals surface area contributed by atoms with Crippen molar-refractivity contribution in [3.8, 4) is 17.5 Å². The highest BCUT2D eigenvalue weighted by Gasteiger charge is 2.17. The number of rotatable bonds is 3. The molecule has 1 fully saturated rings. The van der Waals surface area contributed by atoms with Crippen LogP contribution in [0.2, 0.25) is 0 Å². The molecular weight excluding hydrogens is 302 g/mol. The number of ether oxygens (including phenoxy) is 1. The van der Waals surface area contributed by atoms with Gasteiger partial charge in [-0.2, -0.15) is 10.4 Å². The highest BCUT2D eigenvalue weighted by atomic mass is 16.5. The number of pyridine rings is 1. The second-order valence-electron chi connectivity index (χ2n) is 6.00. The first-order valence-corrected chi connectivity index (χ1v) is 7.94. The Labute approximate surface area is 139 Å². The second kappa shape index (κ2) is 5.95. The van der Waals surface area contributed by atoms with Crippen molar-refractivity contribution in [2.45, 2.75) is 19.4 Å². The predicted molar refractivity (Wildman–Crippen MR) is 90.7 cm³/mol. The molecule has 0 aliphatic carbocycles. The van der Waals surface area contributed by atoms with Crippen LogP contribution in [0.5, 0.6) is 0 Å². The second-order valence-corrected chi connectivity index (χ2v) is 6.00. The Balaban J connectivity index is 1.72. The summed E-state index contributed by atoms with van der Waals surface area (Å²) in [7, 11) is 0. The molecule has 120 valence electrons. The number of aromatic nitrogens is 3. The lowest BCUT2D eigenvalue weighted by atomic mass is 10.1. The molecule has 3 aromatic heterocycles. The first-order valence-electron chi connectivity index (χ1n) is 7.94. The van der Waals surface area contributed by atoms with E-state index in [1.165, 1.54) is 0 Å². The Bertz CT molecular complexity index is 934. The van der Waals surface area contributed by atoms with Gasteiger partial charge in [-0.15, -0.1) is 0 Å². The molecular formula is C18H17N5O. The third-order valence-electron chi connectivity index (χ3n) is 4.28. The predicted octanol–water partition coefficient (Wildman–Crippen LogP) is 2.78. The van der Waals surface area contributed by atoms with Crippen molar-refractivity contribution in [1.82, 2.24) is 14.6 Å². The van der Waals surface area contributed by atoms with Crippen LogP contribution in [0.3, 0.4) is 0 Å². The molecule has 1 saturated heterocycles. The van der Waals surface area contributed by atoms with Gasteiger partial charge >= 0.3 is 0 Å². The first-order chi connectivity index (χ1) is 11.7. The van der Waals surface area contributed by atoms with Crippen LogP contribution in [0.4, 0.5) is 5.69 Å². The van der Waals surface area contributed by atoms with E-state index in [0.29, 0.717) is 11.6 Å². The van der Waals surface area contributed by atoms with Gasteiger partial charge in [0.25, 0.3) is 0 Å². The van der Waals surface area contributed by atoms with E-state index in [9.17, 15) is 0 Å². The SMILES string of the molecule is Cc1cnc(-c2ccc3cc(C#N)cnn23)cc1NC1CCOC1. The van der Waals surface area contributed by atoms with E-state index in [2.05, 4.69) is 27.5 Å². The minimum Gasteiger partial charge on any atom is -0.380 e. The van der Waals surface area contributed by atoms with Gasteiger partial charge in [-0.3, -0.25) is 4.98 Å². The summed E-state index contributed by atoms with van der Waals surface area (Å²) in [6, 6.07) is 10.3. The lowest BCUT2D eigenvalue weighted by molar-refractivity contribution is 0.195. The molecule has 6 heteroatoms. The summed E-state index contributed by atoms with van der Waals surface area (Å²) in [5.41, 5.74) is 5.35. The molecule has 0 amide bonds. The van der Waals surface area contributed by atoms with Gasteiger partial charge in [-0.1, -0.05) is 0 Å². The van der Waals surface area contributed by atoms with Crippen molar-refractivity contribution in [2.75, 3.05) is 18.5 Å². The molecule has 4 heterocycles. The van der Waals surface area contributed by atoms with Crippen LogP contribution in [0.15, 0.2) is 36.7 Å². The molecule has 1 unspecified atom stereocenters. The summed E-state index contributed by atoms with van der Waals surface area (Å²) < 4.78 is 7.24. The fourth-order valence-corrected chi connectivity index (χ4v) is 2.94. The maximum atomic E-state index is 8.99. The van der Waals surface area contributed by atoms with Crippen molar-refractivity contribution >= 4 is 11.2 Å². The average Bonchev–Trinajstić information content (AvgIpc) is 3.25. The van der Waals surface area contributed by atoms with Gasteiger partial charge in [0, 0.05) is 18.5 Å². The summed E-state index contributed by atoms with van der Waals surface area (Å²) >= 11 is 0. The molecule has 1 aliphatic heterocycles. The van der Waals surface area contributed by atoms with Gasteiger partial charge in [0.15, 0.2) is 0 Å². The molecule has 1 atom stereocenters. The van der Waals surface area contributed by atoms with Crippen molar-refractivity contribution < 1.29 is 4.74 Å². The topological polar surface area (TPSA) is 75.2 Å². The van der Waals surface area contributed by atoms with Crippen LogP contribution >= 0.6 is 0 Å². The third-order valence-corrected chi connectivity index (χ3v) is 4.28. The van der Waals surface area contributed by atoms with Gasteiger partial charge in [0.2, 0.25) is 0 Å². The van der Waals surface area contributed by atoms with Crippen LogP contribution in [0.25, 0.3) is 16.9 Å². The fraction of sp³-hybridized carbons (Fsp3) is 0.278. The molecule has 0 spiro atoms. The molecule has 1 aliphatic rings. The van der Waals surface area contributed by atoms with Crippen molar-refractivity contribution in [3.63, 3.8) is 0 Å². The van der Waals surface area contributed by atoms with E-state index >= 15 is 0 Å². The summed E-state index contributed by atoms with van der Waals surface area (Å²) in [5.74, 6) is 0. The van der Waals surface area contributed by atoms with Crippen LogP contribution in [0, 0.1) is 18.3 Å². The lowest BCUT2D eigenvalue weighted by Gasteiger charge is -2.15. The maximum absolute atomic E-state index is 8.99. The summed E-state index contributed by atoms with van der Waals surface area (Å²) in [4.78, 5) is 4.55. The first kappa shape index (κ1) is 14.7. The molecule has 1 N–H and O–H groups in total. The molecule has 0 saturated carbocycles. The van der Waals surface area contributed by atoms with Gasteiger partial charge in [-0.05, 0) is 43.2 Å².